The Morgan fingerprint density at radius 3 is 2.31 bits per heavy atom. The summed E-state index contributed by atoms with van der Waals surface area (Å²) in [5.41, 5.74) is 0.292. The summed E-state index contributed by atoms with van der Waals surface area (Å²) in [7, 11) is 0. The lowest BCUT2D eigenvalue weighted by molar-refractivity contribution is -0.147. The molecule has 0 aliphatic carbocycles. The van der Waals surface area contributed by atoms with Gasteiger partial charge in [-0.05, 0) is 45.0 Å². The molecule has 3 heteroatoms. The van der Waals surface area contributed by atoms with Crippen LogP contribution < -0.4 is 0 Å². The van der Waals surface area contributed by atoms with Crippen molar-refractivity contribution in [1.29, 1.82) is 0 Å². The summed E-state index contributed by atoms with van der Waals surface area (Å²) in [6.07, 6.45) is 0. The van der Waals surface area contributed by atoms with Crippen molar-refractivity contribution in [3.05, 3.63) is 34.3 Å². The van der Waals surface area contributed by atoms with Gasteiger partial charge in [0.15, 0.2) is 0 Å². The van der Waals surface area contributed by atoms with Gasteiger partial charge >= 0.3 is 5.97 Å². The van der Waals surface area contributed by atoms with E-state index in [-0.39, 0.29) is 0 Å². The van der Waals surface area contributed by atoms with Crippen LogP contribution in [-0.4, -0.2) is 11.6 Å². The van der Waals surface area contributed by atoms with E-state index in [9.17, 15) is 4.79 Å². The average molecular weight is 281 g/mol. The summed E-state index contributed by atoms with van der Waals surface area (Å²) in [5, 5.41) is 0. The summed E-state index contributed by atoms with van der Waals surface area (Å²) in [4.78, 5) is 11.3. The average Bonchev–Trinajstić information content (AvgIpc) is 2.14. The molecule has 84 valence electrons. The first-order valence-corrected chi connectivity index (χ1v) is 5.67. The number of carbonyl (C=O) groups is 1. The van der Waals surface area contributed by atoms with Crippen LogP contribution in [0.2, 0.25) is 0 Å². The minimum absolute atomic E-state index is 0.495. The minimum atomic E-state index is -0.504. The van der Waals surface area contributed by atoms with Gasteiger partial charge in [-0.25, -0.2) is 4.79 Å². The second kappa shape index (κ2) is 5.18. The molecule has 0 aliphatic heterocycles. The third kappa shape index (κ3) is 4.99. The number of rotatable bonds is 0. The molecule has 2 nitrogen and oxygen atoms in total. The van der Waals surface area contributed by atoms with Crippen LogP contribution in [0.4, 0.5) is 0 Å². The number of ether oxygens (including phenoxy) is 1. The fourth-order valence-electron chi connectivity index (χ4n) is 0.960. The SMILES string of the molecule is CC(C)(C)OC(=O)C#Cc1ccc(Br)cc1. The lowest BCUT2D eigenvalue weighted by atomic mass is 10.2. The van der Waals surface area contributed by atoms with Gasteiger partial charge in [0.1, 0.15) is 5.60 Å². The Kier molecular flexibility index (Phi) is 4.14. The first-order valence-electron chi connectivity index (χ1n) is 4.87. The van der Waals surface area contributed by atoms with Crippen molar-refractivity contribution in [2.75, 3.05) is 0 Å². The van der Waals surface area contributed by atoms with Gasteiger partial charge in [-0.2, -0.15) is 0 Å². The molecule has 0 heterocycles. The summed E-state index contributed by atoms with van der Waals surface area (Å²) < 4.78 is 6.04. The van der Waals surface area contributed by atoms with Crippen LogP contribution in [0, 0.1) is 11.8 Å². The van der Waals surface area contributed by atoms with E-state index < -0.39 is 11.6 Å². The predicted octanol–water partition coefficient (Wildman–Crippen LogP) is 3.14. The van der Waals surface area contributed by atoms with Crippen LogP contribution in [0.5, 0.6) is 0 Å². The number of halogens is 1. The van der Waals surface area contributed by atoms with Crippen LogP contribution in [0.3, 0.4) is 0 Å². The number of esters is 1. The second-order valence-electron chi connectivity index (χ2n) is 4.26. The Bertz CT molecular complexity index is 430. The molecule has 16 heavy (non-hydrogen) atoms. The summed E-state index contributed by atoms with van der Waals surface area (Å²) in [5.74, 6) is 4.69. The lowest BCUT2D eigenvalue weighted by Gasteiger charge is -2.16. The zero-order valence-corrected chi connectivity index (χ0v) is 11.1. The van der Waals surface area contributed by atoms with E-state index in [1.165, 1.54) is 0 Å². The molecule has 0 saturated carbocycles. The van der Waals surface area contributed by atoms with E-state index in [0.29, 0.717) is 0 Å². The smallest absolute Gasteiger partial charge is 0.385 e. The fourth-order valence-corrected chi connectivity index (χ4v) is 1.22. The zero-order valence-electron chi connectivity index (χ0n) is 9.50. The highest BCUT2D eigenvalue weighted by molar-refractivity contribution is 9.10. The first kappa shape index (κ1) is 12.8. The molecule has 0 radical (unpaired) electrons. The number of hydrogen-bond donors (Lipinski definition) is 0. The molecular formula is C13H13BrO2. The summed E-state index contributed by atoms with van der Waals surface area (Å²) in [6, 6.07) is 7.42. The molecule has 0 aliphatic rings. The minimum Gasteiger partial charge on any atom is -0.450 e. The third-order valence-electron chi connectivity index (χ3n) is 1.55. The van der Waals surface area contributed by atoms with E-state index in [2.05, 4.69) is 27.8 Å². The second-order valence-corrected chi connectivity index (χ2v) is 5.17. The van der Waals surface area contributed by atoms with Crippen molar-refractivity contribution in [1.82, 2.24) is 0 Å². The van der Waals surface area contributed by atoms with E-state index in [4.69, 9.17) is 4.74 Å². The van der Waals surface area contributed by atoms with Crippen molar-refractivity contribution >= 4 is 21.9 Å². The quantitative estimate of drug-likeness (QED) is 0.539. The maximum Gasteiger partial charge on any atom is 0.385 e. The molecule has 0 N–H and O–H groups in total. The molecular weight excluding hydrogens is 268 g/mol. The Hall–Kier alpha value is -1.27. The van der Waals surface area contributed by atoms with Gasteiger partial charge in [0, 0.05) is 16.0 Å². The third-order valence-corrected chi connectivity index (χ3v) is 2.08. The van der Waals surface area contributed by atoms with Crippen LogP contribution in [0.1, 0.15) is 26.3 Å². The van der Waals surface area contributed by atoms with Crippen LogP contribution in [0.15, 0.2) is 28.7 Å². The molecule has 0 unspecified atom stereocenters. The first-order chi connectivity index (χ1) is 7.37. The maximum atomic E-state index is 11.3. The highest BCUT2D eigenvalue weighted by Gasteiger charge is 2.13. The van der Waals surface area contributed by atoms with Gasteiger partial charge < -0.3 is 4.74 Å². The van der Waals surface area contributed by atoms with E-state index in [1.54, 1.807) is 0 Å². The van der Waals surface area contributed by atoms with Crippen molar-refractivity contribution in [3.8, 4) is 11.8 Å². The van der Waals surface area contributed by atoms with Gasteiger partial charge in [-0.15, -0.1) is 0 Å². The van der Waals surface area contributed by atoms with Crippen molar-refractivity contribution in [2.24, 2.45) is 0 Å². The predicted molar refractivity (Wildman–Crippen MR) is 66.9 cm³/mol. The molecule has 0 spiro atoms. The van der Waals surface area contributed by atoms with E-state index in [0.717, 1.165) is 10.0 Å². The topological polar surface area (TPSA) is 26.3 Å². The monoisotopic (exact) mass is 280 g/mol. The largest absolute Gasteiger partial charge is 0.450 e. The highest BCUT2D eigenvalue weighted by atomic mass is 79.9. The Morgan fingerprint density at radius 1 is 1.25 bits per heavy atom. The van der Waals surface area contributed by atoms with Crippen LogP contribution >= 0.6 is 15.9 Å². The number of hydrogen-bond acceptors (Lipinski definition) is 2. The van der Waals surface area contributed by atoms with Crippen molar-refractivity contribution in [2.45, 2.75) is 26.4 Å². The maximum absolute atomic E-state index is 11.3. The van der Waals surface area contributed by atoms with Crippen LogP contribution in [0.25, 0.3) is 0 Å². The van der Waals surface area contributed by atoms with E-state index in [1.807, 2.05) is 45.0 Å². The van der Waals surface area contributed by atoms with Gasteiger partial charge in [-0.1, -0.05) is 21.9 Å². The molecule has 1 aromatic rings. The van der Waals surface area contributed by atoms with E-state index >= 15 is 0 Å². The van der Waals surface area contributed by atoms with Gasteiger partial charge in [0.25, 0.3) is 0 Å². The molecule has 0 atom stereocenters. The summed E-state index contributed by atoms with van der Waals surface area (Å²) >= 11 is 3.33. The van der Waals surface area contributed by atoms with Crippen molar-refractivity contribution in [3.63, 3.8) is 0 Å². The molecule has 0 amide bonds. The molecule has 0 bridgehead atoms. The van der Waals surface area contributed by atoms with Crippen LogP contribution in [-0.2, 0) is 9.53 Å². The Labute approximate surface area is 104 Å². The normalized spacial score (nSPS) is 10.2. The summed E-state index contributed by atoms with van der Waals surface area (Å²) in [6.45, 7) is 5.44. The molecule has 0 saturated heterocycles. The fraction of sp³-hybridized carbons (Fsp3) is 0.308. The molecule has 0 fully saturated rings. The highest BCUT2D eigenvalue weighted by Crippen LogP contribution is 2.10. The molecule has 1 aromatic carbocycles. The zero-order chi connectivity index (χ0) is 12.2. The van der Waals surface area contributed by atoms with Gasteiger partial charge in [-0.3, -0.25) is 0 Å². The van der Waals surface area contributed by atoms with Gasteiger partial charge in [0.2, 0.25) is 0 Å². The molecule has 0 aromatic heterocycles. The van der Waals surface area contributed by atoms with Crippen molar-refractivity contribution < 1.29 is 9.53 Å². The molecule has 1 rings (SSSR count). The lowest BCUT2D eigenvalue weighted by Crippen LogP contribution is -2.22. The Morgan fingerprint density at radius 2 is 1.81 bits per heavy atom. The van der Waals surface area contributed by atoms with Gasteiger partial charge in [0.05, 0.1) is 0 Å². The number of benzene rings is 1. The Balaban J connectivity index is 2.68. The standard InChI is InChI=1S/C13H13BrO2/c1-13(2,3)16-12(15)9-6-10-4-7-11(14)8-5-10/h4-5,7-8H,1-3H3. The number of carbonyl (C=O) groups excluding carboxylic acids is 1.